The van der Waals surface area contributed by atoms with E-state index in [9.17, 15) is 4.79 Å². The number of hydrogen-bond donors (Lipinski definition) is 5. The van der Waals surface area contributed by atoms with E-state index in [4.69, 9.17) is 25.5 Å². The number of aliphatic hydroxyl groups excluding tert-OH is 4. The highest BCUT2D eigenvalue weighted by atomic mass is 16.4. The standard InChI is InChI=1S/C27H54O2.C5H12O4/c1-2-3-4-5-6-7-8-9-10-11-12-13-14-15-16-17-18-19-20-21-22-23-24-25-26-27(28)29;6-1-5(2-7,3-8)4-9/h2-26H2,1H3,(H,28,29);6-9H,1-4H2. The first-order valence-electron chi connectivity index (χ1n) is 16.2. The van der Waals surface area contributed by atoms with Crippen molar-refractivity contribution in [3.8, 4) is 0 Å². The molecular weight excluding hydrogens is 480 g/mol. The van der Waals surface area contributed by atoms with E-state index in [-0.39, 0.29) is 0 Å². The second-order valence-electron chi connectivity index (χ2n) is 11.4. The van der Waals surface area contributed by atoms with E-state index in [1.165, 1.54) is 141 Å². The van der Waals surface area contributed by atoms with Crippen LogP contribution in [0.15, 0.2) is 0 Å². The summed E-state index contributed by atoms with van der Waals surface area (Å²) >= 11 is 0. The molecule has 38 heavy (non-hydrogen) atoms. The molecule has 0 heterocycles. The number of aliphatic hydroxyl groups is 4. The Kier molecular flexibility index (Phi) is 33.8. The average Bonchev–Trinajstić information content (AvgIpc) is 2.93. The van der Waals surface area contributed by atoms with Crippen molar-refractivity contribution in [2.45, 2.75) is 167 Å². The van der Waals surface area contributed by atoms with Gasteiger partial charge in [-0.15, -0.1) is 0 Å². The molecule has 0 saturated heterocycles. The van der Waals surface area contributed by atoms with Gasteiger partial charge in [0.15, 0.2) is 0 Å². The Morgan fingerprint density at radius 1 is 0.421 bits per heavy atom. The number of unbranched alkanes of at least 4 members (excludes halogenated alkanes) is 23. The monoisotopic (exact) mass is 546 g/mol. The number of carbonyl (C=O) groups is 1. The van der Waals surface area contributed by atoms with E-state index < -0.39 is 37.8 Å². The van der Waals surface area contributed by atoms with E-state index in [2.05, 4.69) is 6.92 Å². The van der Waals surface area contributed by atoms with Crippen molar-refractivity contribution < 1.29 is 30.3 Å². The van der Waals surface area contributed by atoms with Gasteiger partial charge in [-0.1, -0.05) is 155 Å². The van der Waals surface area contributed by atoms with Crippen molar-refractivity contribution in [2.24, 2.45) is 5.41 Å². The Hall–Kier alpha value is -0.690. The largest absolute Gasteiger partial charge is 0.481 e. The van der Waals surface area contributed by atoms with Crippen LogP contribution in [0.25, 0.3) is 0 Å². The SMILES string of the molecule is CCCCCCCCCCCCCCCCCCCCCCCCCCC(=O)O.OCC(CO)(CO)CO. The molecule has 6 nitrogen and oxygen atoms in total. The van der Waals surface area contributed by atoms with Gasteiger partial charge >= 0.3 is 5.97 Å². The van der Waals surface area contributed by atoms with Crippen LogP contribution in [0, 0.1) is 5.41 Å². The normalized spacial score (nSPS) is 11.4. The minimum Gasteiger partial charge on any atom is -0.481 e. The summed E-state index contributed by atoms with van der Waals surface area (Å²) in [6.45, 7) is 0.668. The highest BCUT2D eigenvalue weighted by Gasteiger charge is 2.26. The van der Waals surface area contributed by atoms with Gasteiger partial charge in [0, 0.05) is 6.42 Å². The van der Waals surface area contributed by atoms with Crippen LogP contribution in [-0.2, 0) is 4.79 Å². The third-order valence-electron chi connectivity index (χ3n) is 7.59. The first-order valence-corrected chi connectivity index (χ1v) is 16.2. The van der Waals surface area contributed by atoms with E-state index >= 15 is 0 Å². The zero-order valence-corrected chi connectivity index (χ0v) is 25.2. The molecule has 0 aromatic rings. The number of aliphatic carboxylic acids is 1. The highest BCUT2D eigenvalue weighted by molar-refractivity contribution is 5.66. The third-order valence-corrected chi connectivity index (χ3v) is 7.59. The molecule has 0 unspecified atom stereocenters. The molecule has 0 spiro atoms. The van der Waals surface area contributed by atoms with E-state index in [1.807, 2.05) is 0 Å². The molecule has 6 heteroatoms. The molecule has 230 valence electrons. The van der Waals surface area contributed by atoms with Crippen molar-refractivity contribution in [1.29, 1.82) is 0 Å². The number of carboxylic acid groups (broad SMARTS) is 1. The average molecular weight is 547 g/mol. The zero-order valence-electron chi connectivity index (χ0n) is 25.2. The lowest BCUT2D eigenvalue weighted by Crippen LogP contribution is -2.37. The van der Waals surface area contributed by atoms with Crippen LogP contribution in [0.4, 0.5) is 0 Å². The summed E-state index contributed by atoms with van der Waals surface area (Å²) in [5, 5.41) is 42.6. The molecular formula is C32H66O6. The lowest BCUT2D eigenvalue weighted by atomic mass is 9.93. The predicted molar refractivity (Wildman–Crippen MR) is 160 cm³/mol. The Balaban J connectivity index is 0. The van der Waals surface area contributed by atoms with Gasteiger partial charge in [-0.2, -0.15) is 0 Å². The molecule has 0 fully saturated rings. The van der Waals surface area contributed by atoms with Crippen LogP contribution < -0.4 is 0 Å². The summed E-state index contributed by atoms with van der Waals surface area (Å²) in [5.41, 5.74) is -1.11. The van der Waals surface area contributed by atoms with Gasteiger partial charge in [-0.3, -0.25) is 4.79 Å². The summed E-state index contributed by atoms with van der Waals surface area (Å²) in [5.74, 6) is -0.649. The second kappa shape index (κ2) is 32.5. The molecule has 0 radical (unpaired) electrons. The second-order valence-corrected chi connectivity index (χ2v) is 11.4. The van der Waals surface area contributed by atoms with Gasteiger partial charge in [0.05, 0.1) is 31.8 Å². The summed E-state index contributed by atoms with van der Waals surface area (Å²) in [4.78, 5) is 10.4. The minimum absolute atomic E-state index is 0.346. The zero-order chi connectivity index (χ0) is 28.6. The maximum absolute atomic E-state index is 10.4. The molecule has 0 saturated carbocycles. The fourth-order valence-corrected chi connectivity index (χ4v) is 4.54. The Bertz CT molecular complexity index is 436. The molecule has 0 aromatic carbocycles. The Morgan fingerprint density at radius 2 is 0.632 bits per heavy atom. The van der Waals surface area contributed by atoms with Crippen LogP contribution >= 0.6 is 0 Å². The van der Waals surface area contributed by atoms with Crippen LogP contribution in [0.1, 0.15) is 167 Å². The van der Waals surface area contributed by atoms with Crippen molar-refractivity contribution in [1.82, 2.24) is 0 Å². The molecule has 0 atom stereocenters. The van der Waals surface area contributed by atoms with Crippen LogP contribution in [0.2, 0.25) is 0 Å². The first-order chi connectivity index (χ1) is 18.5. The van der Waals surface area contributed by atoms with Gasteiger partial charge in [0.2, 0.25) is 0 Å². The van der Waals surface area contributed by atoms with E-state index in [0.29, 0.717) is 6.42 Å². The molecule has 0 aliphatic rings. The van der Waals surface area contributed by atoms with Crippen LogP contribution in [0.3, 0.4) is 0 Å². The van der Waals surface area contributed by atoms with Crippen LogP contribution in [0.5, 0.6) is 0 Å². The summed E-state index contributed by atoms with van der Waals surface area (Å²) < 4.78 is 0. The third kappa shape index (κ3) is 29.9. The number of hydrogen-bond acceptors (Lipinski definition) is 5. The maximum Gasteiger partial charge on any atom is 0.303 e. The molecule has 0 aliphatic carbocycles. The molecule has 0 bridgehead atoms. The molecule has 0 aliphatic heterocycles. The Morgan fingerprint density at radius 3 is 0.789 bits per heavy atom. The highest BCUT2D eigenvalue weighted by Crippen LogP contribution is 2.16. The molecule has 5 N–H and O–H groups in total. The van der Waals surface area contributed by atoms with Gasteiger partial charge in [-0.25, -0.2) is 0 Å². The maximum atomic E-state index is 10.4. The summed E-state index contributed by atoms with van der Waals surface area (Å²) in [6, 6.07) is 0. The summed E-state index contributed by atoms with van der Waals surface area (Å²) in [6.07, 6.45) is 33.5. The van der Waals surface area contributed by atoms with Gasteiger partial charge in [0.25, 0.3) is 0 Å². The number of carboxylic acids is 1. The van der Waals surface area contributed by atoms with Crippen molar-refractivity contribution in [3.63, 3.8) is 0 Å². The van der Waals surface area contributed by atoms with Gasteiger partial charge < -0.3 is 25.5 Å². The molecule has 0 amide bonds. The van der Waals surface area contributed by atoms with Crippen molar-refractivity contribution in [3.05, 3.63) is 0 Å². The summed E-state index contributed by atoms with van der Waals surface area (Å²) in [7, 11) is 0. The Labute approximate surface area is 235 Å². The van der Waals surface area contributed by atoms with E-state index in [1.54, 1.807) is 0 Å². The first kappa shape index (κ1) is 39.5. The van der Waals surface area contributed by atoms with Crippen molar-refractivity contribution in [2.75, 3.05) is 26.4 Å². The molecule has 0 aromatic heterocycles. The number of rotatable bonds is 29. The predicted octanol–water partition coefficient (Wildman–Crippen LogP) is 7.79. The fourth-order valence-electron chi connectivity index (χ4n) is 4.54. The van der Waals surface area contributed by atoms with Crippen molar-refractivity contribution >= 4 is 5.97 Å². The van der Waals surface area contributed by atoms with Gasteiger partial charge in [-0.05, 0) is 6.42 Å². The fraction of sp³-hybridized carbons (Fsp3) is 0.969. The molecule has 0 rings (SSSR count). The van der Waals surface area contributed by atoms with Crippen LogP contribution in [-0.4, -0.2) is 57.9 Å². The quantitative estimate of drug-likeness (QED) is 0.0611. The lowest BCUT2D eigenvalue weighted by molar-refractivity contribution is -0.137. The lowest BCUT2D eigenvalue weighted by Gasteiger charge is -2.23. The smallest absolute Gasteiger partial charge is 0.303 e. The minimum atomic E-state index is -1.11. The van der Waals surface area contributed by atoms with E-state index in [0.717, 1.165) is 12.8 Å². The van der Waals surface area contributed by atoms with Gasteiger partial charge in [0.1, 0.15) is 0 Å². The topological polar surface area (TPSA) is 118 Å².